The zero-order valence-electron chi connectivity index (χ0n) is 14.4. The number of hydrogen-bond donors (Lipinski definition) is 2. The molecule has 0 saturated carbocycles. The molecule has 0 unspecified atom stereocenters. The van der Waals surface area contributed by atoms with Crippen molar-refractivity contribution in [1.29, 1.82) is 0 Å². The van der Waals surface area contributed by atoms with Crippen LogP contribution in [0.2, 0.25) is 0 Å². The molecule has 6 nitrogen and oxygen atoms in total. The van der Waals surface area contributed by atoms with Crippen molar-refractivity contribution < 1.29 is 19.0 Å². The second-order valence-electron chi connectivity index (χ2n) is 5.81. The summed E-state index contributed by atoms with van der Waals surface area (Å²) in [5.74, 6) is 2.21. The number of carbonyl (C=O) groups is 1. The van der Waals surface area contributed by atoms with Crippen molar-refractivity contribution in [3.63, 3.8) is 0 Å². The highest BCUT2D eigenvalue weighted by molar-refractivity contribution is 5.89. The van der Waals surface area contributed by atoms with E-state index >= 15 is 0 Å². The minimum absolute atomic E-state index is 0.290. The minimum atomic E-state index is -0.290. The summed E-state index contributed by atoms with van der Waals surface area (Å²) < 4.78 is 16.7. The van der Waals surface area contributed by atoms with Crippen LogP contribution in [0.5, 0.6) is 17.2 Å². The third-order valence-corrected chi connectivity index (χ3v) is 3.84. The number of hydrogen-bond acceptors (Lipinski definition) is 4. The van der Waals surface area contributed by atoms with E-state index in [0.717, 1.165) is 16.9 Å². The lowest BCUT2D eigenvalue weighted by Gasteiger charge is -2.19. The Morgan fingerprint density at radius 1 is 1.08 bits per heavy atom. The number of rotatable bonds is 5. The summed E-state index contributed by atoms with van der Waals surface area (Å²) in [5, 5.41) is 5.55. The quantitative estimate of drug-likeness (QED) is 0.818. The van der Waals surface area contributed by atoms with Crippen LogP contribution in [0.1, 0.15) is 11.1 Å². The van der Waals surface area contributed by atoms with Crippen molar-refractivity contribution in [2.24, 2.45) is 0 Å². The maximum Gasteiger partial charge on any atom is 0.319 e. The van der Waals surface area contributed by atoms with Crippen molar-refractivity contribution >= 4 is 11.7 Å². The Hall–Kier alpha value is -2.89. The summed E-state index contributed by atoms with van der Waals surface area (Å²) in [4.78, 5) is 12.0. The van der Waals surface area contributed by atoms with Gasteiger partial charge in [0.25, 0.3) is 0 Å². The van der Waals surface area contributed by atoms with Crippen LogP contribution in [0, 0.1) is 13.8 Å². The molecule has 25 heavy (non-hydrogen) atoms. The molecule has 1 aliphatic heterocycles. The van der Waals surface area contributed by atoms with Gasteiger partial charge in [0.15, 0.2) is 11.5 Å². The summed E-state index contributed by atoms with van der Waals surface area (Å²) in [6, 6.07) is 11.0. The molecule has 3 rings (SSSR count). The van der Waals surface area contributed by atoms with E-state index in [4.69, 9.17) is 14.2 Å². The molecule has 0 saturated heterocycles. The summed E-state index contributed by atoms with van der Waals surface area (Å²) in [7, 11) is 0. The highest BCUT2D eigenvalue weighted by atomic mass is 16.6. The number of anilines is 1. The van der Waals surface area contributed by atoms with Gasteiger partial charge < -0.3 is 24.8 Å². The van der Waals surface area contributed by atoms with Crippen molar-refractivity contribution in [3.8, 4) is 17.2 Å². The Morgan fingerprint density at radius 3 is 2.56 bits per heavy atom. The molecule has 2 N–H and O–H groups in total. The Kier molecular flexibility index (Phi) is 5.28. The predicted octanol–water partition coefficient (Wildman–Crippen LogP) is 3.28. The van der Waals surface area contributed by atoms with E-state index in [2.05, 4.69) is 10.6 Å². The third-order valence-electron chi connectivity index (χ3n) is 3.84. The molecular weight excluding hydrogens is 320 g/mol. The first kappa shape index (κ1) is 17.0. The molecule has 2 aromatic carbocycles. The number of aryl methyl sites for hydroxylation is 2. The SMILES string of the molecule is Cc1cccc(C)c1OCCNC(=O)Nc1ccc2c(c1)OCCO2. The second-order valence-corrected chi connectivity index (χ2v) is 5.81. The van der Waals surface area contributed by atoms with E-state index in [9.17, 15) is 4.79 Å². The van der Waals surface area contributed by atoms with Crippen molar-refractivity contribution in [1.82, 2.24) is 5.32 Å². The van der Waals surface area contributed by atoms with Crippen LogP contribution in [-0.2, 0) is 0 Å². The van der Waals surface area contributed by atoms with Crippen molar-refractivity contribution in [2.45, 2.75) is 13.8 Å². The number of fused-ring (bicyclic) bond motifs is 1. The Balaban J connectivity index is 1.45. The number of ether oxygens (including phenoxy) is 3. The fourth-order valence-electron chi connectivity index (χ4n) is 2.64. The molecule has 0 aromatic heterocycles. The van der Waals surface area contributed by atoms with E-state index in [1.807, 2.05) is 32.0 Å². The van der Waals surface area contributed by atoms with E-state index in [1.54, 1.807) is 18.2 Å². The second kappa shape index (κ2) is 7.79. The molecule has 0 aliphatic carbocycles. The zero-order valence-corrected chi connectivity index (χ0v) is 14.4. The van der Waals surface area contributed by atoms with E-state index < -0.39 is 0 Å². The average Bonchev–Trinajstić information content (AvgIpc) is 2.60. The lowest BCUT2D eigenvalue weighted by Crippen LogP contribution is -2.32. The number of amides is 2. The predicted molar refractivity (Wildman–Crippen MR) is 95.9 cm³/mol. The van der Waals surface area contributed by atoms with Gasteiger partial charge in [-0.1, -0.05) is 18.2 Å². The fourth-order valence-corrected chi connectivity index (χ4v) is 2.64. The van der Waals surface area contributed by atoms with Crippen LogP contribution in [0.15, 0.2) is 36.4 Å². The normalized spacial score (nSPS) is 12.4. The monoisotopic (exact) mass is 342 g/mol. The number of carbonyl (C=O) groups excluding carboxylic acids is 1. The Labute approximate surface area is 147 Å². The molecule has 0 spiro atoms. The lowest BCUT2D eigenvalue weighted by molar-refractivity contribution is 0.171. The molecule has 0 fully saturated rings. The molecule has 132 valence electrons. The smallest absolute Gasteiger partial charge is 0.319 e. The first-order chi connectivity index (χ1) is 12.1. The van der Waals surface area contributed by atoms with Crippen molar-refractivity contribution in [3.05, 3.63) is 47.5 Å². The molecule has 0 atom stereocenters. The summed E-state index contributed by atoms with van der Waals surface area (Å²) in [5.41, 5.74) is 2.82. The molecule has 6 heteroatoms. The van der Waals surface area contributed by atoms with Crippen LogP contribution in [-0.4, -0.2) is 32.4 Å². The van der Waals surface area contributed by atoms with Crippen LogP contribution in [0.4, 0.5) is 10.5 Å². The van der Waals surface area contributed by atoms with Gasteiger partial charge in [0.2, 0.25) is 0 Å². The lowest BCUT2D eigenvalue weighted by atomic mass is 10.1. The highest BCUT2D eigenvalue weighted by Gasteiger charge is 2.12. The van der Waals surface area contributed by atoms with Gasteiger partial charge in [-0.05, 0) is 37.1 Å². The van der Waals surface area contributed by atoms with Gasteiger partial charge in [0, 0.05) is 11.8 Å². The fraction of sp³-hybridized carbons (Fsp3) is 0.316. The number of urea groups is 1. The summed E-state index contributed by atoms with van der Waals surface area (Å²) >= 11 is 0. The van der Waals surface area contributed by atoms with Gasteiger partial charge >= 0.3 is 6.03 Å². The molecule has 2 aromatic rings. The molecule has 0 bridgehead atoms. The standard InChI is InChI=1S/C19H22N2O4/c1-13-4-3-5-14(2)18(13)25-9-8-20-19(22)21-15-6-7-16-17(12-15)24-11-10-23-16/h3-7,12H,8-11H2,1-2H3,(H2,20,21,22). The van der Waals surface area contributed by atoms with Crippen LogP contribution >= 0.6 is 0 Å². The molecule has 0 radical (unpaired) electrons. The van der Waals surface area contributed by atoms with Gasteiger partial charge in [-0.15, -0.1) is 0 Å². The number of nitrogens with one attached hydrogen (secondary N) is 2. The van der Waals surface area contributed by atoms with E-state index in [-0.39, 0.29) is 6.03 Å². The van der Waals surface area contributed by atoms with Crippen LogP contribution in [0.25, 0.3) is 0 Å². The number of para-hydroxylation sites is 1. The Morgan fingerprint density at radius 2 is 1.80 bits per heavy atom. The zero-order chi connectivity index (χ0) is 17.6. The summed E-state index contributed by atoms with van der Waals surface area (Å²) in [6.45, 7) is 5.87. The van der Waals surface area contributed by atoms with Gasteiger partial charge in [-0.3, -0.25) is 0 Å². The maximum absolute atomic E-state index is 12.0. The number of benzene rings is 2. The van der Waals surface area contributed by atoms with Gasteiger partial charge in [0.1, 0.15) is 25.6 Å². The highest BCUT2D eigenvalue weighted by Crippen LogP contribution is 2.32. The third kappa shape index (κ3) is 4.35. The van der Waals surface area contributed by atoms with Gasteiger partial charge in [-0.25, -0.2) is 4.79 Å². The minimum Gasteiger partial charge on any atom is -0.491 e. The first-order valence-corrected chi connectivity index (χ1v) is 8.27. The van der Waals surface area contributed by atoms with Crippen molar-refractivity contribution in [2.75, 3.05) is 31.7 Å². The average molecular weight is 342 g/mol. The first-order valence-electron chi connectivity index (χ1n) is 8.27. The topological polar surface area (TPSA) is 68.8 Å². The molecule has 2 amide bonds. The maximum atomic E-state index is 12.0. The Bertz CT molecular complexity index is 741. The molecular formula is C19H22N2O4. The van der Waals surface area contributed by atoms with Crippen LogP contribution < -0.4 is 24.8 Å². The molecule has 1 aliphatic rings. The van der Waals surface area contributed by atoms with Gasteiger partial charge in [0.05, 0.1) is 6.54 Å². The largest absolute Gasteiger partial charge is 0.491 e. The summed E-state index contributed by atoms with van der Waals surface area (Å²) in [6.07, 6.45) is 0. The molecule has 1 heterocycles. The van der Waals surface area contributed by atoms with E-state index in [1.165, 1.54) is 0 Å². The van der Waals surface area contributed by atoms with E-state index in [0.29, 0.717) is 43.6 Å². The van der Waals surface area contributed by atoms with Crippen LogP contribution in [0.3, 0.4) is 0 Å². The van der Waals surface area contributed by atoms with Gasteiger partial charge in [-0.2, -0.15) is 0 Å².